The van der Waals surface area contributed by atoms with E-state index in [4.69, 9.17) is 9.73 Å². The molecule has 1 amide bonds. The summed E-state index contributed by atoms with van der Waals surface area (Å²) in [5.41, 5.74) is 2.29. The number of ether oxygens (including phenoxy) is 1. The van der Waals surface area contributed by atoms with E-state index in [1.54, 1.807) is 4.90 Å². The van der Waals surface area contributed by atoms with Gasteiger partial charge in [0.25, 0.3) is 0 Å². The van der Waals surface area contributed by atoms with Gasteiger partial charge in [0.1, 0.15) is 5.25 Å². The third-order valence-corrected chi connectivity index (χ3v) is 6.94. The minimum atomic E-state index is -0.437. The number of thioether (sulfide) groups is 1. The molecular weight excluding hydrogens is 386 g/mol. The molecule has 2 fully saturated rings. The third-order valence-electron chi connectivity index (χ3n) is 5.75. The molecule has 1 aromatic heterocycles. The van der Waals surface area contributed by atoms with Crippen LogP contribution >= 0.6 is 11.8 Å². The fourth-order valence-electron chi connectivity index (χ4n) is 4.12. The standard InChI is InChI=1S/C22H27N3O3S/c1-28-20(26)13-19-21(27)25(22(29-19)24-16-7-3-2-4-8-16)12-11-15-14-23-18-10-6-5-9-17(15)18/h5-6,9-10,14,16,19,23H,2-4,7-8,11-13H2,1H3. The Morgan fingerprint density at radius 3 is 2.86 bits per heavy atom. The number of carbonyl (C=O) groups excluding carboxylic acids is 2. The van der Waals surface area contributed by atoms with Gasteiger partial charge in [-0.05, 0) is 30.9 Å². The lowest BCUT2D eigenvalue weighted by Crippen LogP contribution is -2.35. The number of nitrogens with one attached hydrogen (secondary N) is 1. The van der Waals surface area contributed by atoms with Gasteiger partial charge in [0.15, 0.2) is 5.17 Å². The number of hydrogen-bond donors (Lipinski definition) is 1. The van der Waals surface area contributed by atoms with E-state index >= 15 is 0 Å². The maximum Gasteiger partial charge on any atom is 0.307 e. The van der Waals surface area contributed by atoms with Gasteiger partial charge in [0.2, 0.25) is 5.91 Å². The molecule has 29 heavy (non-hydrogen) atoms. The van der Waals surface area contributed by atoms with E-state index in [9.17, 15) is 9.59 Å². The lowest BCUT2D eigenvalue weighted by molar-refractivity contribution is -0.142. The minimum Gasteiger partial charge on any atom is -0.469 e. The molecule has 2 aromatic rings. The van der Waals surface area contributed by atoms with E-state index in [2.05, 4.69) is 17.1 Å². The molecule has 7 heteroatoms. The number of carbonyl (C=O) groups is 2. The maximum atomic E-state index is 13.0. The summed E-state index contributed by atoms with van der Waals surface area (Å²) in [6, 6.07) is 8.47. The van der Waals surface area contributed by atoms with Crippen LogP contribution in [-0.4, -0.2) is 51.9 Å². The fourth-order valence-corrected chi connectivity index (χ4v) is 5.34. The predicted octanol–water partition coefficient (Wildman–Crippen LogP) is 3.91. The number of H-pyrrole nitrogens is 1. The van der Waals surface area contributed by atoms with Crippen LogP contribution in [0.3, 0.4) is 0 Å². The first-order valence-electron chi connectivity index (χ1n) is 10.3. The Labute approximate surface area is 175 Å². The van der Waals surface area contributed by atoms with E-state index in [1.165, 1.54) is 49.1 Å². The topological polar surface area (TPSA) is 74.8 Å². The van der Waals surface area contributed by atoms with Gasteiger partial charge in [-0.2, -0.15) is 0 Å². The Kier molecular flexibility index (Phi) is 6.23. The van der Waals surface area contributed by atoms with Crippen LogP contribution in [0.4, 0.5) is 0 Å². The zero-order valence-corrected chi connectivity index (χ0v) is 17.5. The summed E-state index contributed by atoms with van der Waals surface area (Å²) in [6.07, 6.45) is 8.66. The van der Waals surface area contributed by atoms with Crippen LogP contribution in [0.1, 0.15) is 44.1 Å². The lowest BCUT2D eigenvalue weighted by atomic mass is 9.96. The van der Waals surface area contributed by atoms with Crippen LogP contribution in [0.15, 0.2) is 35.5 Å². The zero-order chi connectivity index (χ0) is 20.2. The molecule has 1 aliphatic heterocycles. The number of esters is 1. The highest BCUT2D eigenvalue weighted by molar-refractivity contribution is 8.15. The van der Waals surface area contributed by atoms with E-state index in [0.29, 0.717) is 6.54 Å². The van der Waals surface area contributed by atoms with E-state index in [-0.39, 0.29) is 24.3 Å². The number of nitrogens with zero attached hydrogens (tertiary/aromatic N) is 2. The summed E-state index contributed by atoms with van der Waals surface area (Å²) in [5, 5.41) is 1.52. The zero-order valence-electron chi connectivity index (χ0n) is 16.7. The van der Waals surface area contributed by atoms with E-state index in [1.807, 2.05) is 18.3 Å². The minimum absolute atomic E-state index is 0.0326. The number of aromatic amines is 1. The third kappa shape index (κ3) is 4.50. The van der Waals surface area contributed by atoms with Gasteiger partial charge >= 0.3 is 5.97 Å². The highest BCUT2D eigenvalue weighted by atomic mass is 32.2. The van der Waals surface area contributed by atoms with Gasteiger partial charge in [-0.1, -0.05) is 49.2 Å². The quantitative estimate of drug-likeness (QED) is 0.729. The summed E-state index contributed by atoms with van der Waals surface area (Å²) >= 11 is 1.42. The molecule has 1 aromatic carbocycles. The van der Waals surface area contributed by atoms with Crippen molar-refractivity contribution >= 4 is 39.7 Å². The largest absolute Gasteiger partial charge is 0.469 e. The van der Waals surface area contributed by atoms with E-state index < -0.39 is 5.25 Å². The number of para-hydroxylation sites is 1. The van der Waals surface area contributed by atoms with Crippen molar-refractivity contribution < 1.29 is 14.3 Å². The Morgan fingerprint density at radius 2 is 2.07 bits per heavy atom. The molecule has 1 saturated carbocycles. The van der Waals surface area contributed by atoms with Gasteiger partial charge in [0.05, 0.1) is 19.6 Å². The van der Waals surface area contributed by atoms with Gasteiger partial charge in [-0.3, -0.25) is 19.5 Å². The van der Waals surface area contributed by atoms with Crippen LogP contribution in [0.25, 0.3) is 10.9 Å². The van der Waals surface area contributed by atoms with Gasteiger partial charge < -0.3 is 9.72 Å². The van der Waals surface area contributed by atoms with Crippen LogP contribution in [-0.2, 0) is 20.7 Å². The molecule has 1 aliphatic carbocycles. The molecule has 0 radical (unpaired) electrons. The molecule has 2 heterocycles. The number of benzene rings is 1. The van der Waals surface area contributed by atoms with Crippen molar-refractivity contribution in [1.29, 1.82) is 0 Å². The summed E-state index contributed by atoms with van der Waals surface area (Å²) < 4.78 is 4.78. The fraction of sp³-hybridized carbons (Fsp3) is 0.500. The molecule has 1 unspecified atom stereocenters. The Bertz CT molecular complexity index is 917. The number of hydrogen-bond acceptors (Lipinski definition) is 5. The Morgan fingerprint density at radius 1 is 1.28 bits per heavy atom. The smallest absolute Gasteiger partial charge is 0.307 e. The van der Waals surface area contributed by atoms with Crippen molar-refractivity contribution in [1.82, 2.24) is 9.88 Å². The number of aromatic nitrogens is 1. The van der Waals surface area contributed by atoms with Crippen LogP contribution in [0, 0.1) is 0 Å². The number of aliphatic imine (C=N–C) groups is 1. The van der Waals surface area contributed by atoms with Crippen molar-refractivity contribution in [3.63, 3.8) is 0 Å². The SMILES string of the molecule is COC(=O)CC1SC(=NC2CCCCC2)N(CCc2c[nH]c3ccccc23)C1=O. The average Bonchev–Trinajstić information content (AvgIpc) is 3.28. The van der Waals surface area contributed by atoms with Crippen molar-refractivity contribution in [3.05, 3.63) is 36.0 Å². The molecule has 1 N–H and O–H groups in total. The van der Waals surface area contributed by atoms with Crippen molar-refractivity contribution in [3.8, 4) is 0 Å². The average molecular weight is 414 g/mol. The molecule has 0 spiro atoms. The second-order valence-corrected chi connectivity index (χ2v) is 8.86. The van der Waals surface area contributed by atoms with Gasteiger partial charge in [-0.25, -0.2) is 0 Å². The highest BCUT2D eigenvalue weighted by Crippen LogP contribution is 2.32. The number of amidine groups is 1. The molecular formula is C22H27N3O3S. The molecule has 2 aliphatic rings. The monoisotopic (exact) mass is 413 g/mol. The number of amides is 1. The molecule has 1 atom stereocenters. The van der Waals surface area contributed by atoms with Crippen molar-refractivity contribution in [2.75, 3.05) is 13.7 Å². The van der Waals surface area contributed by atoms with Crippen LogP contribution in [0.5, 0.6) is 0 Å². The Balaban J connectivity index is 1.52. The predicted molar refractivity (Wildman–Crippen MR) is 116 cm³/mol. The van der Waals surface area contributed by atoms with Crippen LogP contribution < -0.4 is 0 Å². The Hall–Kier alpha value is -2.28. The second-order valence-electron chi connectivity index (χ2n) is 7.69. The molecule has 1 saturated heterocycles. The first kappa shape index (κ1) is 20.0. The van der Waals surface area contributed by atoms with Gasteiger partial charge in [-0.15, -0.1) is 0 Å². The number of methoxy groups -OCH3 is 1. The summed E-state index contributed by atoms with van der Waals surface area (Å²) in [6.45, 7) is 0.566. The first-order valence-corrected chi connectivity index (χ1v) is 11.2. The normalized spacial score (nSPS) is 22.0. The number of fused-ring (bicyclic) bond motifs is 1. The molecule has 0 bridgehead atoms. The van der Waals surface area contributed by atoms with Crippen molar-refractivity contribution in [2.24, 2.45) is 4.99 Å². The van der Waals surface area contributed by atoms with Gasteiger partial charge in [0, 0.05) is 23.6 Å². The summed E-state index contributed by atoms with van der Waals surface area (Å²) in [5.74, 6) is -0.388. The molecule has 154 valence electrons. The van der Waals surface area contributed by atoms with Crippen molar-refractivity contribution in [2.45, 2.75) is 56.2 Å². The lowest BCUT2D eigenvalue weighted by Gasteiger charge is -2.21. The summed E-state index contributed by atoms with van der Waals surface area (Å²) in [4.78, 5) is 34.8. The number of rotatable bonds is 6. The highest BCUT2D eigenvalue weighted by Gasteiger charge is 2.39. The molecule has 6 nitrogen and oxygen atoms in total. The second kappa shape index (κ2) is 9.03. The summed E-state index contributed by atoms with van der Waals surface area (Å²) in [7, 11) is 1.36. The van der Waals surface area contributed by atoms with Crippen LogP contribution in [0.2, 0.25) is 0 Å². The molecule has 4 rings (SSSR count). The van der Waals surface area contributed by atoms with E-state index in [0.717, 1.165) is 29.9 Å². The first-order chi connectivity index (χ1) is 14.2. The maximum absolute atomic E-state index is 13.0.